The quantitative estimate of drug-likeness (QED) is 0.777. The van der Waals surface area contributed by atoms with Gasteiger partial charge in [0, 0.05) is 11.6 Å². The van der Waals surface area contributed by atoms with Crippen molar-refractivity contribution in [3.8, 4) is 0 Å². The molecule has 1 fully saturated rings. The zero-order valence-electron chi connectivity index (χ0n) is 15.0. The van der Waals surface area contributed by atoms with Crippen molar-refractivity contribution in [3.05, 3.63) is 65.2 Å². The van der Waals surface area contributed by atoms with E-state index in [1.165, 1.54) is 7.11 Å². The van der Waals surface area contributed by atoms with E-state index in [-0.39, 0.29) is 23.7 Å². The number of ether oxygens (including phenoxy) is 1. The number of hydrogen-bond acceptors (Lipinski definition) is 3. The molecule has 1 amide bonds. The highest BCUT2D eigenvalue weighted by molar-refractivity contribution is 6.00. The minimum absolute atomic E-state index is 0.0212. The first-order valence-electron chi connectivity index (χ1n) is 9.26. The summed E-state index contributed by atoms with van der Waals surface area (Å²) in [5.74, 6) is 0.124. The predicted molar refractivity (Wildman–Crippen MR) is 100 cm³/mol. The number of esters is 1. The average Bonchev–Trinajstić information content (AvgIpc) is 2.71. The van der Waals surface area contributed by atoms with E-state index >= 15 is 0 Å². The van der Waals surface area contributed by atoms with Crippen LogP contribution in [-0.2, 0) is 16.1 Å². The maximum absolute atomic E-state index is 13.2. The van der Waals surface area contributed by atoms with Gasteiger partial charge in [0.2, 0.25) is 5.91 Å². The molecule has 134 valence electrons. The molecule has 26 heavy (non-hydrogen) atoms. The summed E-state index contributed by atoms with van der Waals surface area (Å²) in [7, 11) is 1.40. The smallest absolute Gasteiger partial charge is 0.337 e. The van der Waals surface area contributed by atoms with Crippen LogP contribution in [0.3, 0.4) is 0 Å². The van der Waals surface area contributed by atoms with Crippen LogP contribution in [-0.4, -0.2) is 19.0 Å². The van der Waals surface area contributed by atoms with Crippen LogP contribution >= 0.6 is 0 Å². The summed E-state index contributed by atoms with van der Waals surface area (Å²) in [5, 5.41) is 0. The number of hydrogen-bond donors (Lipinski definition) is 0. The molecule has 0 N–H and O–H groups in total. The Morgan fingerprint density at radius 2 is 1.81 bits per heavy atom. The van der Waals surface area contributed by atoms with Crippen molar-refractivity contribution in [3.63, 3.8) is 0 Å². The molecule has 4 heteroatoms. The number of nitrogens with zero attached hydrogens (tertiary/aromatic N) is 1. The van der Waals surface area contributed by atoms with E-state index in [1.807, 2.05) is 47.4 Å². The summed E-state index contributed by atoms with van der Waals surface area (Å²) in [6.45, 7) is 0.563. The number of benzene rings is 2. The molecule has 1 heterocycles. The maximum Gasteiger partial charge on any atom is 0.337 e. The largest absolute Gasteiger partial charge is 0.465 e. The first-order valence-corrected chi connectivity index (χ1v) is 9.26. The van der Waals surface area contributed by atoms with Gasteiger partial charge in [-0.15, -0.1) is 0 Å². The van der Waals surface area contributed by atoms with Gasteiger partial charge in [0.1, 0.15) is 0 Å². The Bertz CT molecular complexity index is 831. The Hall–Kier alpha value is -2.62. The molecule has 0 unspecified atom stereocenters. The Morgan fingerprint density at radius 1 is 1.08 bits per heavy atom. The lowest BCUT2D eigenvalue weighted by Crippen LogP contribution is -2.44. The number of anilines is 1. The SMILES string of the molecule is COC(=O)c1ccc2c(c1)[C@@H]1CCCC[C@H]1C(=O)N2Cc1ccccc1. The van der Waals surface area contributed by atoms with Gasteiger partial charge in [0.05, 0.1) is 19.2 Å². The van der Waals surface area contributed by atoms with Crippen LogP contribution in [0.15, 0.2) is 48.5 Å². The second kappa shape index (κ2) is 6.94. The monoisotopic (exact) mass is 349 g/mol. The Balaban J connectivity index is 1.78. The Kier molecular flexibility index (Phi) is 4.49. The molecule has 2 aromatic carbocycles. The molecule has 2 aromatic rings. The minimum Gasteiger partial charge on any atom is -0.465 e. The summed E-state index contributed by atoms with van der Waals surface area (Å²) in [6.07, 6.45) is 4.16. The van der Waals surface area contributed by atoms with Gasteiger partial charge >= 0.3 is 5.97 Å². The Labute approximate surface area is 153 Å². The summed E-state index contributed by atoms with van der Waals surface area (Å²) < 4.78 is 4.89. The van der Waals surface area contributed by atoms with Crippen LogP contribution in [0.25, 0.3) is 0 Å². The van der Waals surface area contributed by atoms with Gasteiger partial charge in [-0.25, -0.2) is 4.79 Å². The molecule has 2 atom stereocenters. The molecular formula is C22H23NO3. The average molecular weight is 349 g/mol. The molecule has 1 aliphatic carbocycles. The molecule has 2 aliphatic rings. The van der Waals surface area contributed by atoms with Gasteiger partial charge in [-0.1, -0.05) is 43.2 Å². The molecular weight excluding hydrogens is 326 g/mol. The van der Waals surface area contributed by atoms with Gasteiger partial charge < -0.3 is 9.64 Å². The number of carbonyl (C=O) groups is 2. The second-order valence-corrected chi connectivity index (χ2v) is 7.17. The number of rotatable bonds is 3. The van der Waals surface area contributed by atoms with Crippen LogP contribution in [0.4, 0.5) is 5.69 Å². The molecule has 0 aromatic heterocycles. The fraction of sp³-hybridized carbons (Fsp3) is 0.364. The zero-order valence-corrected chi connectivity index (χ0v) is 15.0. The minimum atomic E-state index is -0.327. The van der Waals surface area contributed by atoms with Crippen LogP contribution in [0.1, 0.15) is 53.1 Å². The molecule has 0 bridgehead atoms. The van der Waals surface area contributed by atoms with Gasteiger partial charge in [-0.3, -0.25) is 4.79 Å². The van der Waals surface area contributed by atoms with Crippen LogP contribution in [0.5, 0.6) is 0 Å². The van der Waals surface area contributed by atoms with E-state index in [1.54, 1.807) is 6.07 Å². The molecule has 4 nitrogen and oxygen atoms in total. The van der Waals surface area contributed by atoms with Crippen molar-refractivity contribution in [2.75, 3.05) is 12.0 Å². The molecule has 0 radical (unpaired) electrons. The van der Waals surface area contributed by atoms with E-state index in [2.05, 4.69) is 0 Å². The fourth-order valence-electron chi connectivity index (χ4n) is 4.39. The highest BCUT2D eigenvalue weighted by Crippen LogP contribution is 2.47. The van der Waals surface area contributed by atoms with E-state index < -0.39 is 0 Å². The van der Waals surface area contributed by atoms with Crippen molar-refractivity contribution in [1.29, 1.82) is 0 Å². The van der Waals surface area contributed by atoms with Gasteiger partial charge in [-0.2, -0.15) is 0 Å². The van der Waals surface area contributed by atoms with Gasteiger partial charge in [0.25, 0.3) is 0 Å². The lowest BCUT2D eigenvalue weighted by Gasteiger charge is -2.42. The first-order chi connectivity index (χ1) is 12.7. The first kappa shape index (κ1) is 16.8. The van der Waals surface area contributed by atoms with Crippen molar-refractivity contribution < 1.29 is 14.3 Å². The molecule has 1 saturated carbocycles. The van der Waals surface area contributed by atoms with Crippen molar-refractivity contribution in [1.82, 2.24) is 0 Å². The van der Waals surface area contributed by atoms with E-state index in [0.29, 0.717) is 12.1 Å². The molecule has 1 aliphatic heterocycles. The third kappa shape index (κ3) is 2.90. The van der Waals surface area contributed by atoms with E-state index in [9.17, 15) is 9.59 Å². The van der Waals surface area contributed by atoms with Gasteiger partial charge in [-0.05, 0) is 48.1 Å². The van der Waals surface area contributed by atoms with Crippen LogP contribution in [0, 0.1) is 5.92 Å². The number of amides is 1. The van der Waals surface area contributed by atoms with Gasteiger partial charge in [0.15, 0.2) is 0 Å². The third-order valence-corrected chi connectivity index (χ3v) is 5.67. The lowest BCUT2D eigenvalue weighted by atomic mass is 9.71. The van der Waals surface area contributed by atoms with Crippen LogP contribution < -0.4 is 4.90 Å². The fourth-order valence-corrected chi connectivity index (χ4v) is 4.39. The highest BCUT2D eigenvalue weighted by Gasteiger charge is 2.41. The summed E-state index contributed by atoms with van der Waals surface area (Å²) in [5.41, 5.74) is 3.73. The number of carbonyl (C=O) groups excluding carboxylic acids is 2. The van der Waals surface area contributed by atoms with Crippen molar-refractivity contribution in [2.24, 2.45) is 5.92 Å². The number of fused-ring (bicyclic) bond motifs is 3. The van der Waals surface area contributed by atoms with Crippen molar-refractivity contribution >= 4 is 17.6 Å². The lowest BCUT2D eigenvalue weighted by molar-refractivity contribution is -0.124. The van der Waals surface area contributed by atoms with Crippen LogP contribution in [0.2, 0.25) is 0 Å². The highest BCUT2D eigenvalue weighted by atomic mass is 16.5. The predicted octanol–water partition coefficient (Wildman–Crippen LogP) is 4.29. The third-order valence-electron chi connectivity index (χ3n) is 5.67. The standard InChI is InChI=1S/C22H23NO3/c1-26-22(25)16-11-12-20-19(13-16)17-9-5-6-10-18(17)21(24)23(20)14-15-7-3-2-4-8-15/h2-4,7-8,11-13,17-18H,5-6,9-10,14H2,1H3/t17-,18-/m1/s1. The Morgan fingerprint density at radius 3 is 2.54 bits per heavy atom. The molecule has 0 spiro atoms. The summed E-state index contributed by atoms with van der Waals surface area (Å²) >= 11 is 0. The molecule has 4 rings (SSSR count). The topological polar surface area (TPSA) is 46.6 Å². The van der Waals surface area contributed by atoms with Crippen molar-refractivity contribution in [2.45, 2.75) is 38.1 Å². The summed E-state index contributed by atoms with van der Waals surface area (Å²) in [4.78, 5) is 27.1. The normalized spacial score (nSPS) is 21.7. The maximum atomic E-state index is 13.2. The number of methoxy groups -OCH3 is 1. The van der Waals surface area contributed by atoms with E-state index in [4.69, 9.17) is 4.74 Å². The summed E-state index contributed by atoms with van der Waals surface area (Å²) in [6, 6.07) is 15.7. The van der Waals surface area contributed by atoms with E-state index in [0.717, 1.165) is 42.5 Å². The zero-order chi connectivity index (χ0) is 18.1. The second-order valence-electron chi connectivity index (χ2n) is 7.17. The molecule has 0 saturated heterocycles.